The average Bonchev–Trinajstić information content (AvgIpc) is 2.74. The lowest BCUT2D eigenvalue weighted by molar-refractivity contribution is 0.0919. The molecule has 0 saturated carbocycles. The summed E-state index contributed by atoms with van der Waals surface area (Å²) in [6.45, 7) is 10.1. The van der Waals surface area contributed by atoms with E-state index in [0.29, 0.717) is 12.1 Å². The summed E-state index contributed by atoms with van der Waals surface area (Å²) in [6, 6.07) is 13.7. The van der Waals surface area contributed by atoms with Crippen LogP contribution in [-0.2, 0) is 6.54 Å². The summed E-state index contributed by atoms with van der Waals surface area (Å²) in [7, 11) is 1.81. The Kier molecular flexibility index (Phi) is 9.09. The largest absolute Gasteiger partial charge is 0.353 e. The van der Waals surface area contributed by atoms with Crippen molar-refractivity contribution in [2.24, 2.45) is 4.99 Å². The summed E-state index contributed by atoms with van der Waals surface area (Å²) in [5.74, 6) is 1.84. The highest BCUT2D eigenvalue weighted by molar-refractivity contribution is 14.0. The van der Waals surface area contributed by atoms with Gasteiger partial charge in [0.2, 0.25) is 0 Å². The molecule has 1 aromatic carbocycles. The van der Waals surface area contributed by atoms with E-state index >= 15 is 0 Å². The topological polar surface area (TPSA) is 72.9 Å². The first kappa shape index (κ1) is 24.9. The van der Waals surface area contributed by atoms with Crippen molar-refractivity contribution in [2.75, 3.05) is 38.1 Å². The molecular formula is C23H33IN6O. The van der Waals surface area contributed by atoms with Crippen LogP contribution in [0.1, 0.15) is 36.7 Å². The van der Waals surface area contributed by atoms with Crippen molar-refractivity contribution in [3.8, 4) is 0 Å². The van der Waals surface area contributed by atoms with Crippen LogP contribution in [-0.4, -0.2) is 60.5 Å². The number of pyridine rings is 1. The fraction of sp³-hybridized carbons (Fsp3) is 0.435. The lowest BCUT2D eigenvalue weighted by Gasteiger charge is -2.37. The molecule has 1 amide bonds. The van der Waals surface area contributed by atoms with Crippen LogP contribution in [0.3, 0.4) is 0 Å². The molecule has 2 aromatic rings. The molecule has 1 fully saturated rings. The Morgan fingerprint density at radius 3 is 2.45 bits per heavy atom. The number of benzene rings is 1. The van der Waals surface area contributed by atoms with Crippen LogP contribution in [0.4, 0.5) is 5.82 Å². The number of piperazine rings is 1. The van der Waals surface area contributed by atoms with Crippen LogP contribution in [0, 0.1) is 0 Å². The Morgan fingerprint density at radius 1 is 1.10 bits per heavy atom. The number of aromatic nitrogens is 1. The second-order valence-electron chi connectivity index (χ2n) is 8.47. The maximum atomic E-state index is 12.4. The number of aliphatic imine (C=N–C) groups is 1. The van der Waals surface area contributed by atoms with Gasteiger partial charge in [-0.3, -0.25) is 9.79 Å². The molecule has 8 heteroatoms. The summed E-state index contributed by atoms with van der Waals surface area (Å²) in [4.78, 5) is 25.9. The highest BCUT2D eigenvalue weighted by Gasteiger charge is 2.20. The SMILES string of the molecule is CN=C(NCc1cccc(C(=O)NC(C)(C)C)c1)N1CCN(c2ccccn2)CC1.I. The minimum absolute atomic E-state index is 0. The second-order valence-corrected chi connectivity index (χ2v) is 8.47. The molecule has 1 aromatic heterocycles. The molecule has 2 N–H and O–H groups in total. The molecule has 7 nitrogen and oxygen atoms in total. The van der Waals surface area contributed by atoms with Crippen molar-refractivity contribution >= 4 is 41.7 Å². The Labute approximate surface area is 202 Å². The third-order valence-corrected chi connectivity index (χ3v) is 4.89. The zero-order valence-corrected chi connectivity index (χ0v) is 21.1. The van der Waals surface area contributed by atoms with E-state index < -0.39 is 0 Å². The van der Waals surface area contributed by atoms with Gasteiger partial charge in [-0.1, -0.05) is 18.2 Å². The third kappa shape index (κ3) is 7.37. The molecule has 31 heavy (non-hydrogen) atoms. The van der Waals surface area contributed by atoms with Gasteiger partial charge in [-0.05, 0) is 50.6 Å². The molecule has 2 heterocycles. The maximum Gasteiger partial charge on any atom is 0.251 e. The summed E-state index contributed by atoms with van der Waals surface area (Å²) in [5, 5.41) is 6.44. The number of guanidine groups is 1. The van der Waals surface area contributed by atoms with Gasteiger partial charge in [0, 0.05) is 57.1 Å². The van der Waals surface area contributed by atoms with Crippen LogP contribution in [0.2, 0.25) is 0 Å². The number of carbonyl (C=O) groups is 1. The fourth-order valence-electron chi connectivity index (χ4n) is 3.44. The first-order valence-electron chi connectivity index (χ1n) is 10.4. The van der Waals surface area contributed by atoms with E-state index in [2.05, 4.69) is 30.4 Å². The van der Waals surface area contributed by atoms with Gasteiger partial charge in [0.05, 0.1) is 0 Å². The van der Waals surface area contributed by atoms with E-state index in [1.807, 2.05) is 69.4 Å². The lowest BCUT2D eigenvalue weighted by Crippen LogP contribution is -2.52. The number of hydrogen-bond donors (Lipinski definition) is 2. The van der Waals surface area contributed by atoms with Crippen molar-refractivity contribution in [1.82, 2.24) is 20.5 Å². The predicted octanol–water partition coefficient (Wildman–Crippen LogP) is 3.13. The Bertz CT molecular complexity index is 873. The number of halogens is 1. The van der Waals surface area contributed by atoms with Gasteiger partial charge < -0.3 is 20.4 Å². The highest BCUT2D eigenvalue weighted by Crippen LogP contribution is 2.13. The lowest BCUT2D eigenvalue weighted by atomic mass is 10.1. The number of nitrogens with zero attached hydrogens (tertiary/aromatic N) is 4. The number of hydrogen-bond acceptors (Lipinski definition) is 4. The smallest absolute Gasteiger partial charge is 0.251 e. The number of carbonyl (C=O) groups excluding carboxylic acids is 1. The monoisotopic (exact) mass is 536 g/mol. The average molecular weight is 536 g/mol. The molecule has 0 spiro atoms. The predicted molar refractivity (Wildman–Crippen MR) is 137 cm³/mol. The first-order chi connectivity index (χ1) is 14.4. The molecule has 0 aliphatic carbocycles. The summed E-state index contributed by atoms with van der Waals surface area (Å²) < 4.78 is 0. The van der Waals surface area contributed by atoms with E-state index in [-0.39, 0.29) is 35.4 Å². The van der Waals surface area contributed by atoms with E-state index in [4.69, 9.17) is 0 Å². The van der Waals surface area contributed by atoms with Crippen LogP contribution in [0.15, 0.2) is 53.7 Å². The molecule has 1 aliphatic rings. The van der Waals surface area contributed by atoms with Crippen molar-refractivity contribution in [3.05, 3.63) is 59.8 Å². The fourth-order valence-corrected chi connectivity index (χ4v) is 3.44. The van der Waals surface area contributed by atoms with Gasteiger partial charge in [-0.15, -0.1) is 24.0 Å². The first-order valence-corrected chi connectivity index (χ1v) is 10.4. The Balaban J connectivity index is 0.00000341. The van der Waals surface area contributed by atoms with Gasteiger partial charge >= 0.3 is 0 Å². The number of amides is 1. The molecule has 0 unspecified atom stereocenters. The number of nitrogens with one attached hydrogen (secondary N) is 2. The van der Waals surface area contributed by atoms with E-state index in [1.165, 1.54) is 0 Å². The second kappa shape index (κ2) is 11.3. The van der Waals surface area contributed by atoms with Crippen LogP contribution in [0.5, 0.6) is 0 Å². The van der Waals surface area contributed by atoms with E-state index in [1.54, 1.807) is 7.05 Å². The molecule has 1 aliphatic heterocycles. The normalized spacial score (nSPS) is 14.6. The van der Waals surface area contributed by atoms with E-state index in [0.717, 1.165) is 43.5 Å². The Hall–Kier alpha value is -2.36. The minimum atomic E-state index is -0.259. The molecule has 1 saturated heterocycles. The van der Waals surface area contributed by atoms with Gasteiger partial charge in [0.25, 0.3) is 5.91 Å². The van der Waals surface area contributed by atoms with Gasteiger partial charge in [-0.25, -0.2) is 4.98 Å². The highest BCUT2D eigenvalue weighted by atomic mass is 127. The maximum absolute atomic E-state index is 12.4. The summed E-state index contributed by atoms with van der Waals surface area (Å²) in [6.07, 6.45) is 1.83. The van der Waals surface area contributed by atoms with Gasteiger partial charge in [0.15, 0.2) is 5.96 Å². The summed E-state index contributed by atoms with van der Waals surface area (Å²) in [5.41, 5.74) is 1.46. The zero-order chi connectivity index (χ0) is 21.6. The number of rotatable bonds is 4. The van der Waals surface area contributed by atoms with E-state index in [9.17, 15) is 4.79 Å². The van der Waals surface area contributed by atoms with Crippen LogP contribution >= 0.6 is 24.0 Å². The summed E-state index contributed by atoms with van der Waals surface area (Å²) >= 11 is 0. The van der Waals surface area contributed by atoms with Gasteiger partial charge in [0.1, 0.15) is 5.82 Å². The van der Waals surface area contributed by atoms with Crippen LogP contribution in [0.25, 0.3) is 0 Å². The van der Waals surface area contributed by atoms with Crippen molar-refractivity contribution in [2.45, 2.75) is 32.9 Å². The molecule has 168 valence electrons. The molecule has 3 rings (SSSR count). The quantitative estimate of drug-likeness (QED) is 0.357. The minimum Gasteiger partial charge on any atom is -0.353 e. The van der Waals surface area contributed by atoms with Crippen molar-refractivity contribution in [1.29, 1.82) is 0 Å². The zero-order valence-electron chi connectivity index (χ0n) is 18.8. The molecule has 0 radical (unpaired) electrons. The third-order valence-electron chi connectivity index (χ3n) is 4.89. The molecule has 0 atom stereocenters. The van der Waals surface area contributed by atoms with Crippen molar-refractivity contribution < 1.29 is 4.79 Å². The van der Waals surface area contributed by atoms with Crippen LogP contribution < -0.4 is 15.5 Å². The number of anilines is 1. The Morgan fingerprint density at radius 2 is 1.84 bits per heavy atom. The van der Waals surface area contributed by atoms with Gasteiger partial charge in [-0.2, -0.15) is 0 Å². The molecular weight excluding hydrogens is 503 g/mol. The standard InChI is InChI=1S/C23H32N6O.HI/c1-23(2,3)27-21(30)19-9-7-8-18(16-19)17-26-22(24-4)29-14-12-28(13-15-29)20-10-5-6-11-25-20;/h5-11,16H,12-15,17H2,1-4H3,(H,24,26)(H,27,30);1H. The molecule has 0 bridgehead atoms. The van der Waals surface area contributed by atoms with Crippen molar-refractivity contribution in [3.63, 3.8) is 0 Å².